The molecule has 1 heterocycles. The highest BCUT2D eigenvalue weighted by atomic mass is 16.5. The fraction of sp³-hybridized carbons (Fsp3) is 0.0833. The second-order valence-electron chi connectivity index (χ2n) is 6.34. The number of carbonyl (C=O) groups excluding carboxylic acids is 1. The number of nitrogens with zero attached hydrogens (tertiary/aromatic N) is 1. The van der Waals surface area contributed by atoms with E-state index in [0.29, 0.717) is 12.0 Å². The number of carbonyl (C=O) groups is 1. The molecule has 0 fully saturated rings. The summed E-state index contributed by atoms with van der Waals surface area (Å²) in [4.78, 5) is 17.7. The molecular formula is C24H19NO2. The third-order valence-corrected chi connectivity index (χ3v) is 4.67. The van der Waals surface area contributed by atoms with Crippen molar-refractivity contribution in [1.29, 1.82) is 0 Å². The second kappa shape index (κ2) is 7.42. The fourth-order valence-electron chi connectivity index (χ4n) is 3.39. The van der Waals surface area contributed by atoms with E-state index in [1.54, 1.807) is 0 Å². The van der Waals surface area contributed by atoms with E-state index in [4.69, 9.17) is 9.73 Å². The first-order chi connectivity index (χ1) is 13.3. The normalized spacial score (nSPS) is 13.4. The molecule has 0 N–H and O–H groups in total. The van der Waals surface area contributed by atoms with Gasteiger partial charge >= 0.3 is 5.97 Å². The molecule has 0 saturated heterocycles. The molecule has 3 heteroatoms. The van der Waals surface area contributed by atoms with Crippen LogP contribution in [0.1, 0.15) is 16.7 Å². The molecule has 27 heavy (non-hydrogen) atoms. The van der Waals surface area contributed by atoms with Crippen molar-refractivity contribution in [3.63, 3.8) is 0 Å². The van der Waals surface area contributed by atoms with Crippen molar-refractivity contribution >= 4 is 22.9 Å². The summed E-state index contributed by atoms with van der Waals surface area (Å²) in [6, 6.07) is 27.8. The summed E-state index contributed by atoms with van der Waals surface area (Å²) in [6.07, 6.45) is 0.479. The number of methoxy groups -OCH3 is 1. The number of hydrogen-bond donors (Lipinski definition) is 0. The Hall–Kier alpha value is -3.46. The van der Waals surface area contributed by atoms with Crippen LogP contribution >= 0.6 is 0 Å². The highest BCUT2D eigenvalue weighted by Gasteiger charge is 2.26. The maximum Gasteiger partial charge on any atom is 0.334 e. The van der Waals surface area contributed by atoms with Gasteiger partial charge in [-0.05, 0) is 17.2 Å². The zero-order valence-corrected chi connectivity index (χ0v) is 15.1. The molecule has 0 radical (unpaired) electrons. The van der Waals surface area contributed by atoms with Gasteiger partial charge in [0, 0.05) is 17.6 Å². The third kappa shape index (κ3) is 3.32. The molecule has 4 rings (SSSR count). The van der Waals surface area contributed by atoms with Crippen molar-refractivity contribution < 1.29 is 9.53 Å². The first-order valence-corrected chi connectivity index (χ1v) is 8.87. The third-order valence-electron chi connectivity index (χ3n) is 4.67. The number of allylic oxidation sites excluding steroid dienone is 1. The molecule has 3 aromatic rings. The minimum absolute atomic E-state index is 0.325. The van der Waals surface area contributed by atoms with Crippen LogP contribution in [0.15, 0.2) is 95.5 Å². The van der Waals surface area contributed by atoms with Gasteiger partial charge in [0.25, 0.3) is 0 Å². The topological polar surface area (TPSA) is 38.7 Å². The van der Waals surface area contributed by atoms with Crippen LogP contribution in [0, 0.1) is 0 Å². The minimum Gasteiger partial charge on any atom is -0.466 e. The first-order valence-electron chi connectivity index (χ1n) is 8.87. The highest BCUT2D eigenvalue weighted by molar-refractivity contribution is 6.36. The molecule has 132 valence electrons. The molecule has 0 amide bonds. The Morgan fingerprint density at radius 2 is 1.41 bits per heavy atom. The summed E-state index contributed by atoms with van der Waals surface area (Å²) in [5, 5.41) is 0. The predicted octanol–water partition coefficient (Wildman–Crippen LogP) is 4.99. The Bertz CT molecular complexity index is 1030. The Labute approximate surface area is 158 Å². The van der Waals surface area contributed by atoms with E-state index in [1.807, 2.05) is 84.9 Å². The van der Waals surface area contributed by atoms with Crippen molar-refractivity contribution in [2.24, 2.45) is 4.99 Å². The maximum atomic E-state index is 12.8. The zero-order chi connectivity index (χ0) is 18.6. The van der Waals surface area contributed by atoms with Gasteiger partial charge in [0.05, 0.1) is 24.1 Å². The SMILES string of the molecule is COC(=O)C1=C(c2ccccc2)C(c2ccccc2)=Nc2ccccc2C1. The monoisotopic (exact) mass is 353 g/mol. The summed E-state index contributed by atoms with van der Waals surface area (Å²) in [5.41, 5.74) is 6.04. The fourth-order valence-corrected chi connectivity index (χ4v) is 3.39. The number of benzene rings is 3. The molecule has 0 spiro atoms. The zero-order valence-electron chi connectivity index (χ0n) is 15.1. The van der Waals surface area contributed by atoms with Crippen LogP contribution in [0.25, 0.3) is 5.57 Å². The van der Waals surface area contributed by atoms with Gasteiger partial charge in [0.15, 0.2) is 0 Å². The lowest BCUT2D eigenvalue weighted by Crippen LogP contribution is -2.14. The van der Waals surface area contributed by atoms with Crippen molar-refractivity contribution in [1.82, 2.24) is 0 Å². The highest BCUT2D eigenvalue weighted by Crippen LogP contribution is 2.35. The summed E-state index contributed by atoms with van der Waals surface area (Å²) >= 11 is 0. The van der Waals surface area contributed by atoms with Gasteiger partial charge in [-0.15, -0.1) is 0 Å². The van der Waals surface area contributed by atoms with Crippen molar-refractivity contribution in [3.8, 4) is 0 Å². The van der Waals surface area contributed by atoms with Crippen LogP contribution in [-0.2, 0) is 16.0 Å². The lowest BCUT2D eigenvalue weighted by Gasteiger charge is -2.15. The molecule has 3 nitrogen and oxygen atoms in total. The summed E-state index contributed by atoms with van der Waals surface area (Å²) < 4.78 is 5.14. The van der Waals surface area contributed by atoms with Crippen LogP contribution in [0.3, 0.4) is 0 Å². The van der Waals surface area contributed by atoms with Gasteiger partial charge in [-0.3, -0.25) is 0 Å². The number of ether oxygens (including phenoxy) is 1. The van der Waals surface area contributed by atoms with Gasteiger partial charge in [-0.25, -0.2) is 9.79 Å². The predicted molar refractivity (Wildman–Crippen MR) is 108 cm³/mol. The summed E-state index contributed by atoms with van der Waals surface area (Å²) in [6.45, 7) is 0. The van der Waals surface area contributed by atoms with Crippen molar-refractivity contribution in [3.05, 3.63) is 107 Å². The molecule has 1 aliphatic rings. The van der Waals surface area contributed by atoms with E-state index < -0.39 is 0 Å². The smallest absolute Gasteiger partial charge is 0.334 e. The van der Waals surface area contributed by atoms with Crippen LogP contribution in [0.2, 0.25) is 0 Å². The average Bonchev–Trinajstić information content (AvgIpc) is 2.91. The van der Waals surface area contributed by atoms with E-state index in [0.717, 1.165) is 33.7 Å². The van der Waals surface area contributed by atoms with E-state index in [2.05, 4.69) is 0 Å². The van der Waals surface area contributed by atoms with E-state index >= 15 is 0 Å². The molecular weight excluding hydrogens is 334 g/mol. The molecule has 0 unspecified atom stereocenters. The number of hydrogen-bond acceptors (Lipinski definition) is 3. The number of esters is 1. The Balaban J connectivity index is 2.05. The van der Waals surface area contributed by atoms with E-state index in [1.165, 1.54) is 7.11 Å². The van der Waals surface area contributed by atoms with E-state index in [9.17, 15) is 4.79 Å². The summed E-state index contributed by atoms with van der Waals surface area (Å²) in [7, 11) is 1.42. The minimum atomic E-state index is -0.325. The Morgan fingerprint density at radius 1 is 0.815 bits per heavy atom. The lowest BCUT2D eigenvalue weighted by molar-refractivity contribution is -0.136. The molecule has 1 aliphatic heterocycles. The molecule has 0 aromatic heterocycles. The average molecular weight is 353 g/mol. The number of fused-ring (bicyclic) bond motifs is 1. The van der Waals surface area contributed by atoms with Gasteiger partial charge in [-0.1, -0.05) is 78.9 Å². The number of aliphatic imine (C=N–C) groups is 1. The van der Waals surface area contributed by atoms with Crippen LogP contribution in [0.4, 0.5) is 5.69 Å². The van der Waals surface area contributed by atoms with Crippen LogP contribution in [0.5, 0.6) is 0 Å². The van der Waals surface area contributed by atoms with Gasteiger partial charge in [-0.2, -0.15) is 0 Å². The molecule has 0 aliphatic carbocycles. The number of para-hydroxylation sites is 1. The van der Waals surface area contributed by atoms with Crippen LogP contribution < -0.4 is 0 Å². The first kappa shape index (κ1) is 17.0. The largest absolute Gasteiger partial charge is 0.466 e. The molecule has 3 aromatic carbocycles. The van der Waals surface area contributed by atoms with E-state index in [-0.39, 0.29) is 5.97 Å². The van der Waals surface area contributed by atoms with Gasteiger partial charge < -0.3 is 4.74 Å². The van der Waals surface area contributed by atoms with Gasteiger partial charge in [0.1, 0.15) is 0 Å². The molecule has 0 atom stereocenters. The molecule has 0 saturated carbocycles. The standard InChI is InChI=1S/C24H19NO2/c1-27-24(26)20-16-19-14-8-9-15-21(19)25-23(18-12-6-3-7-13-18)22(20)17-10-4-2-5-11-17/h2-15H,16H2,1H3. The quantitative estimate of drug-likeness (QED) is 0.622. The second-order valence-corrected chi connectivity index (χ2v) is 6.34. The maximum absolute atomic E-state index is 12.8. The lowest BCUT2D eigenvalue weighted by atomic mass is 9.89. The van der Waals surface area contributed by atoms with Gasteiger partial charge in [0.2, 0.25) is 0 Å². The van der Waals surface area contributed by atoms with Crippen LogP contribution in [-0.4, -0.2) is 18.8 Å². The van der Waals surface area contributed by atoms with Crippen molar-refractivity contribution in [2.45, 2.75) is 6.42 Å². The number of rotatable bonds is 3. The Kier molecular flexibility index (Phi) is 4.67. The molecule has 0 bridgehead atoms. The van der Waals surface area contributed by atoms with Crippen molar-refractivity contribution in [2.75, 3.05) is 7.11 Å². The summed E-state index contributed by atoms with van der Waals surface area (Å²) in [5.74, 6) is -0.325. The Morgan fingerprint density at radius 3 is 2.07 bits per heavy atom.